The molecule has 2 N–H and O–H groups in total. The van der Waals surface area contributed by atoms with E-state index in [9.17, 15) is 9.59 Å². The average molecular weight is 377 g/mol. The number of para-hydroxylation sites is 2. The number of nitrogens with one attached hydrogen (secondary N) is 2. The summed E-state index contributed by atoms with van der Waals surface area (Å²) in [6.45, 7) is 4.75. The zero-order valence-electron chi connectivity index (χ0n) is 16.3. The Kier molecular flexibility index (Phi) is 8.74. The van der Waals surface area contributed by atoms with Gasteiger partial charge in [-0.25, -0.2) is 4.79 Å². The van der Waals surface area contributed by atoms with Crippen LogP contribution in [0.2, 0.25) is 0 Å². The third-order valence-corrected chi connectivity index (χ3v) is 4.63. The Hall–Kier alpha value is -2.44. The number of methoxy groups -OCH3 is 1. The Balaban J connectivity index is 1.70. The molecule has 0 saturated carbocycles. The maximum Gasteiger partial charge on any atom is 0.317 e. The van der Waals surface area contributed by atoms with Crippen LogP contribution in [0.1, 0.15) is 32.6 Å². The number of nitrogens with zero attached hydrogens (tertiary/aromatic N) is 1. The van der Waals surface area contributed by atoms with Crippen LogP contribution in [-0.4, -0.2) is 56.7 Å². The third kappa shape index (κ3) is 7.00. The first-order chi connectivity index (χ1) is 13.1. The number of hydrogen-bond donors (Lipinski definition) is 2. The molecule has 1 atom stereocenters. The van der Waals surface area contributed by atoms with Crippen molar-refractivity contribution in [3.05, 3.63) is 24.3 Å². The first-order valence-corrected chi connectivity index (χ1v) is 9.69. The normalized spacial score (nSPS) is 16.5. The molecule has 1 aromatic carbocycles. The van der Waals surface area contributed by atoms with E-state index in [4.69, 9.17) is 9.47 Å². The molecule has 2 rings (SSSR count). The molecule has 3 amide bonds. The molecule has 0 bridgehead atoms. The fourth-order valence-electron chi connectivity index (χ4n) is 3.09. The number of piperidine rings is 1. The minimum atomic E-state index is -0.176. The summed E-state index contributed by atoms with van der Waals surface area (Å²) in [5, 5.41) is 5.86. The van der Waals surface area contributed by atoms with E-state index in [0.717, 1.165) is 32.2 Å². The standard InChI is InChI=1S/C20H31N3O4/c1-3-4-11-21-20(25)23-12-7-8-16(14-23)13-22-19(24)15-27-18-10-6-5-9-17(18)26-2/h5-6,9-10,16H,3-4,7-8,11-15H2,1-2H3,(H,21,25)(H,22,24)/t16-/m1/s1. The molecule has 1 aliphatic heterocycles. The molecule has 1 aliphatic rings. The van der Waals surface area contributed by atoms with Crippen molar-refractivity contribution in [1.82, 2.24) is 15.5 Å². The summed E-state index contributed by atoms with van der Waals surface area (Å²) in [6, 6.07) is 7.23. The summed E-state index contributed by atoms with van der Waals surface area (Å²) in [5.74, 6) is 1.24. The maximum atomic E-state index is 12.2. The van der Waals surface area contributed by atoms with E-state index in [-0.39, 0.29) is 24.5 Å². The van der Waals surface area contributed by atoms with Gasteiger partial charge in [0, 0.05) is 26.2 Å². The van der Waals surface area contributed by atoms with Gasteiger partial charge in [-0.3, -0.25) is 4.79 Å². The molecule has 1 saturated heterocycles. The Morgan fingerprint density at radius 1 is 1.22 bits per heavy atom. The summed E-state index contributed by atoms with van der Waals surface area (Å²) in [5.41, 5.74) is 0. The topological polar surface area (TPSA) is 79.9 Å². The van der Waals surface area contributed by atoms with Crippen LogP contribution in [0.3, 0.4) is 0 Å². The van der Waals surface area contributed by atoms with Crippen LogP contribution in [0.25, 0.3) is 0 Å². The van der Waals surface area contributed by atoms with Crippen LogP contribution < -0.4 is 20.1 Å². The van der Waals surface area contributed by atoms with Crippen molar-refractivity contribution >= 4 is 11.9 Å². The van der Waals surface area contributed by atoms with E-state index in [1.807, 2.05) is 17.0 Å². The Morgan fingerprint density at radius 2 is 2.00 bits per heavy atom. The molecular formula is C20H31N3O4. The van der Waals surface area contributed by atoms with Crippen molar-refractivity contribution in [2.75, 3.05) is 39.9 Å². The van der Waals surface area contributed by atoms with E-state index >= 15 is 0 Å². The van der Waals surface area contributed by atoms with E-state index in [1.165, 1.54) is 0 Å². The lowest BCUT2D eigenvalue weighted by Gasteiger charge is -2.32. The van der Waals surface area contributed by atoms with Crippen LogP contribution in [0.4, 0.5) is 4.79 Å². The molecule has 0 radical (unpaired) electrons. The maximum absolute atomic E-state index is 12.2. The van der Waals surface area contributed by atoms with Gasteiger partial charge < -0.3 is 25.0 Å². The quantitative estimate of drug-likeness (QED) is 0.648. The summed E-state index contributed by atoms with van der Waals surface area (Å²) < 4.78 is 10.7. The number of hydrogen-bond acceptors (Lipinski definition) is 4. The SMILES string of the molecule is CCCCNC(=O)N1CCC[C@H](CNC(=O)COc2ccccc2OC)C1. The molecule has 0 spiro atoms. The number of likely N-dealkylation sites (tertiary alicyclic amines) is 1. The predicted octanol–water partition coefficient (Wildman–Crippen LogP) is 2.41. The van der Waals surface area contributed by atoms with E-state index < -0.39 is 0 Å². The van der Waals surface area contributed by atoms with Gasteiger partial charge in [0.15, 0.2) is 18.1 Å². The second kappa shape index (κ2) is 11.3. The molecule has 1 fully saturated rings. The Morgan fingerprint density at radius 3 is 2.74 bits per heavy atom. The minimum Gasteiger partial charge on any atom is -0.493 e. The fourth-order valence-corrected chi connectivity index (χ4v) is 3.09. The molecule has 1 aromatic rings. The van der Waals surface area contributed by atoms with Crippen LogP contribution in [0.15, 0.2) is 24.3 Å². The van der Waals surface area contributed by atoms with Gasteiger partial charge in [0.05, 0.1) is 7.11 Å². The molecule has 7 nitrogen and oxygen atoms in total. The van der Waals surface area contributed by atoms with Crippen molar-refractivity contribution in [1.29, 1.82) is 0 Å². The Labute approximate surface area is 161 Å². The van der Waals surface area contributed by atoms with Gasteiger partial charge in [-0.05, 0) is 37.3 Å². The summed E-state index contributed by atoms with van der Waals surface area (Å²) in [4.78, 5) is 26.1. The van der Waals surface area contributed by atoms with Gasteiger partial charge in [-0.2, -0.15) is 0 Å². The third-order valence-electron chi connectivity index (χ3n) is 4.63. The second-order valence-corrected chi connectivity index (χ2v) is 6.78. The zero-order valence-corrected chi connectivity index (χ0v) is 16.3. The lowest BCUT2D eigenvalue weighted by molar-refractivity contribution is -0.123. The number of benzene rings is 1. The summed E-state index contributed by atoms with van der Waals surface area (Å²) >= 11 is 0. The van der Waals surface area contributed by atoms with Gasteiger partial charge in [0.25, 0.3) is 5.91 Å². The molecule has 150 valence electrons. The highest BCUT2D eigenvalue weighted by Gasteiger charge is 2.23. The number of carbonyl (C=O) groups is 2. The second-order valence-electron chi connectivity index (χ2n) is 6.78. The minimum absolute atomic E-state index is 0.000942. The average Bonchev–Trinajstić information content (AvgIpc) is 2.71. The van der Waals surface area contributed by atoms with Crippen molar-refractivity contribution in [3.63, 3.8) is 0 Å². The van der Waals surface area contributed by atoms with Crippen molar-refractivity contribution < 1.29 is 19.1 Å². The monoisotopic (exact) mass is 377 g/mol. The molecule has 27 heavy (non-hydrogen) atoms. The highest BCUT2D eigenvalue weighted by Crippen LogP contribution is 2.25. The Bertz CT molecular complexity index is 609. The highest BCUT2D eigenvalue weighted by molar-refractivity contribution is 5.77. The number of amides is 3. The first-order valence-electron chi connectivity index (χ1n) is 9.69. The van der Waals surface area contributed by atoms with Gasteiger partial charge in [-0.15, -0.1) is 0 Å². The smallest absolute Gasteiger partial charge is 0.317 e. The summed E-state index contributed by atoms with van der Waals surface area (Å²) in [6.07, 6.45) is 4.02. The van der Waals surface area contributed by atoms with Crippen LogP contribution >= 0.6 is 0 Å². The predicted molar refractivity (Wildman–Crippen MR) is 104 cm³/mol. The van der Waals surface area contributed by atoms with Crippen LogP contribution in [-0.2, 0) is 4.79 Å². The van der Waals surface area contributed by atoms with E-state index in [2.05, 4.69) is 17.6 Å². The number of unbranched alkanes of at least 4 members (excludes halogenated alkanes) is 1. The molecule has 1 heterocycles. The molecular weight excluding hydrogens is 346 g/mol. The van der Waals surface area contributed by atoms with Crippen LogP contribution in [0, 0.1) is 5.92 Å². The first kappa shape index (κ1) is 20.9. The number of urea groups is 1. The van der Waals surface area contributed by atoms with Crippen molar-refractivity contribution in [2.24, 2.45) is 5.92 Å². The van der Waals surface area contributed by atoms with Crippen molar-refractivity contribution in [2.45, 2.75) is 32.6 Å². The number of ether oxygens (including phenoxy) is 2. The largest absolute Gasteiger partial charge is 0.493 e. The number of carbonyl (C=O) groups excluding carboxylic acids is 2. The van der Waals surface area contributed by atoms with Gasteiger partial charge in [0.2, 0.25) is 0 Å². The zero-order chi connectivity index (χ0) is 19.5. The summed E-state index contributed by atoms with van der Waals surface area (Å²) in [7, 11) is 1.56. The molecule has 7 heteroatoms. The van der Waals surface area contributed by atoms with Gasteiger partial charge in [0.1, 0.15) is 0 Å². The molecule has 0 unspecified atom stereocenters. The lowest BCUT2D eigenvalue weighted by Crippen LogP contribution is -2.48. The van der Waals surface area contributed by atoms with Crippen LogP contribution in [0.5, 0.6) is 11.5 Å². The fraction of sp³-hybridized carbons (Fsp3) is 0.600. The van der Waals surface area contributed by atoms with E-state index in [1.54, 1.807) is 19.2 Å². The molecule has 0 aromatic heterocycles. The van der Waals surface area contributed by atoms with E-state index in [0.29, 0.717) is 31.1 Å². The number of rotatable bonds is 9. The molecule has 0 aliphatic carbocycles. The van der Waals surface area contributed by atoms with Gasteiger partial charge in [-0.1, -0.05) is 25.5 Å². The van der Waals surface area contributed by atoms with Gasteiger partial charge >= 0.3 is 6.03 Å². The van der Waals surface area contributed by atoms with Crippen molar-refractivity contribution in [3.8, 4) is 11.5 Å². The highest BCUT2D eigenvalue weighted by atomic mass is 16.5. The lowest BCUT2D eigenvalue weighted by atomic mass is 9.98.